The maximum Gasteiger partial charge on any atom is 0.306 e. The number of benzene rings is 1. The molecule has 1 fully saturated rings. The van der Waals surface area contributed by atoms with Crippen molar-refractivity contribution in [3.63, 3.8) is 0 Å². The summed E-state index contributed by atoms with van der Waals surface area (Å²) in [5, 5.41) is 0. The van der Waals surface area contributed by atoms with Crippen LogP contribution >= 0.6 is 0 Å². The van der Waals surface area contributed by atoms with Crippen molar-refractivity contribution in [3.8, 4) is 0 Å². The molecule has 0 bridgehead atoms. The summed E-state index contributed by atoms with van der Waals surface area (Å²) < 4.78 is 5.30. The zero-order chi connectivity index (χ0) is 21.4. The minimum absolute atomic E-state index is 0.0476. The highest BCUT2D eigenvalue weighted by atomic mass is 16.6. The fourth-order valence-electron chi connectivity index (χ4n) is 3.56. The number of amides is 2. The molecule has 1 heterocycles. The Labute approximate surface area is 174 Å². The lowest BCUT2D eigenvalue weighted by atomic mass is 9.96. The van der Waals surface area contributed by atoms with Crippen molar-refractivity contribution in [2.75, 3.05) is 26.7 Å². The van der Waals surface area contributed by atoms with Crippen molar-refractivity contribution in [1.82, 2.24) is 9.80 Å². The van der Waals surface area contributed by atoms with Gasteiger partial charge >= 0.3 is 5.97 Å². The fourth-order valence-corrected chi connectivity index (χ4v) is 3.56. The number of ether oxygens (including phenoxy) is 1. The number of nitrogens with zero attached hydrogens (tertiary/aromatic N) is 2. The van der Waals surface area contributed by atoms with E-state index in [2.05, 4.69) is 0 Å². The minimum atomic E-state index is -0.489. The van der Waals surface area contributed by atoms with Gasteiger partial charge in [0.2, 0.25) is 11.8 Å². The van der Waals surface area contributed by atoms with Gasteiger partial charge in [0, 0.05) is 33.1 Å². The molecular weight excluding hydrogens is 368 g/mol. The third-order valence-electron chi connectivity index (χ3n) is 4.99. The van der Waals surface area contributed by atoms with Gasteiger partial charge < -0.3 is 14.5 Å². The van der Waals surface area contributed by atoms with Gasteiger partial charge in [0.05, 0.1) is 12.3 Å². The van der Waals surface area contributed by atoms with E-state index in [-0.39, 0.29) is 23.7 Å². The monoisotopic (exact) mass is 402 g/mol. The van der Waals surface area contributed by atoms with Gasteiger partial charge in [-0.1, -0.05) is 30.3 Å². The number of rotatable bonds is 7. The van der Waals surface area contributed by atoms with Gasteiger partial charge in [-0.05, 0) is 45.6 Å². The van der Waals surface area contributed by atoms with E-state index in [9.17, 15) is 14.4 Å². The van der Waals surface area contributed by atoms with Crippen LogP contribution in [0.25, 0.3) is 0 Å². The van der Waals surface area contributed by atoms with E-state index in [1.54, 1.807) is 11.9 Å². The van der Waals surface area contributed by atoms with E-state index < -0.39 is 5.60 Å². The number of carbonyl (C=O) groups is 3. The van der Waals surface area contributed by atoms with Gasteiger partial charge in [-0.2, -0.15) is 0 Å². The number of hydrogen-bond acceptors (Lipinski definition) is 4. The average Bonchev–Trinajstić information content (AvgIpc) is 2.66. The minimum Gasteiger partial charge on any atom is -0.460 e. The lowest BCUT2D eigenvalue weighted by Crippen LogP contribution is -2.46. The maximum atomic E-state index is 12.8. The van der Waals surface area contributed by atoms with Crippen molar-refractivity contribution >= 4 is 17.8 Å². The lowest BCUT2D eigenvalue weighted by molar-refractivity contribution is -0.155. The van der Waals surface area contributed by atoms with Gasteiger partial charge in [-0.25, -0.2) is 0 Å². The van der Waals surface area contributed by atoms with Crippen LogP contribution in [-0.2, 0) is 25.5 Å². The molecule has 29 heavy (non-hydrogen) atoms. The van der Waals surface area contributed by atoms with Crippen LogP contribution in [0.4, 0.5) is 0 Å². The fraction of sp³-hybridized carbons (Fsp3) is 0.609. The standard InChI is InChI=1S/C23H34N2O4/c1-23(2,3)29-21(27)13-9-14-24(4)22(28)19-12-8-15-25(17-19)20(26)16-18-10-6-5-7-11-18/h5-7,10-11,19H,8-9,12-17H2,1-4H3. The number of hydrogen-bond donors (Lipinski definition) is 0. The van der Waals surface area contributed by atoms with E-state index in [0.717, 1.165) is 18.4 Å². The van der Waals surface area contributed by atoms with Crippen LogP contribution in [0.2, 0.25) is 0 Å². The predicted molar refractivity (Wildman–Crippen MR) is 112 cm³/mol. The summed E-state index contributed by atoms with van der Waals surface area (Å²) in [7, 11) is 1.77. The van der Waals surface area contributed by atoms with E-state index >= 15 is 0 Å². The first-order chi connectivity index (χ1) is 13.7. The van der Waals surface area contributed by atoms with Crippen LogP contribution in [0.1, 0.15) is 52.0 Å². The Bertz CT molecular complexity index is 697. The van der Waals surface area contributed by atoms with Crippen LogP contribution in [0, 0.1) is 5.92 Å². The molecule has 1 aliphatic heterocycles. The Morgan fingerprint density at radius 2 is 1.86 bits per heavy atom. The van der Waals surface area contributed by atoms with E-state index in [1.165, 1.54) is 0 Å². The molecule has 0 aromatic heterocycles. The first kappa shape index (κ1) is 22.9. The first-order valence-electron chi connectivity index (χ1n) is 10.4. The lowest BCUT2D eigenvalue weighted by Gasteiger charge is -2.34. The second kappa shape index (κ2) is 10.4. The molecule has 1 aromatic carbocycles. The summed E-state index contributed by atoms with van der Waals surface area (Å²) in [6.45, 7) is 7.21. The van der Waals surface area contributed by atoms with Crippen LogP contribution in [0.15, 0.2) is 30.3 Å². The van der Waals surface area contributed by atoms with Crippen molar-refractivity contribution < 1.29 is 19.1 Å². The number of esters is 1. The molecule has 2 rings (SSSR count). The molecule has 1 saturated heterocycles. The van der Waals surface area contributed by atoms with Crippen molar-refractivity contribution in [2.24, 2.45) is 5.92 Å². The summed E-state index contributed by atoms with van der Waals surface area (Å²) >= 11 is 0. The van der Waals surface area contributed by atoms with Crippen LogP contribution in [0.5, 0.6) is 0 Å². The van der Waals surface area contributed by atoms with Gasteiger partial charge in [0.15, 0.2) is 0 Å². The molecule has 1 atom stereocenters. The number of likely N-dealkylation sites (tertiary alicyclic amines) is 1. The Balaban J connectivity index is 1.79. The Kier molecular flexibility index (Phi) is 8.23. The van der Waals surface area contributed by atoms with E-state index in [4.69, 9.17) is 4.74 Å². The smallest absolute Gasteiger partial charge is 0.306 e. The van der Waals surface area contributed by atoms with Gasteiger partial charge in [0.25, 0.3) is 0 Å². The quantitative estimate of drug-likeness (QED) is 0.658. The van der Waals surface area contributed by atoms with Crippen LogP contribution < -0.4 is 0 Å². The largest absolute Gasteiger partial charge is 0.460 e. The molecule has 2 amide bonds. The molecule has 1 aliphatic rings. The summed E-state index contributed by atoms with van der Waals surface area (Å²) in [5.74, 6) is -0.295. The third kappa shape index (κ3) is 7.87. The highest BCUT2D eigenvalue weighted by Crippen LogP contribution is 2.20. The van der Waals surface area contributed by atoms with E-state index in [1.807, 2.05) is 56.0 Å². The zero-order valence-corrected chi connectivity index (χ0v) is 18.1. The topological polar surface area (TPSA) is 66.9 Å². The zero-order valence-electron chi connectivity index (χ0n) is 18.1. The van der Waals surface area contributed by atoms with Crippen LogP contribution in [0.3, 0.4) is 0 Å². The normalized spacial score (nSPS) is 17.0. The molecule has 1 unspecified atom stereocenters. The van der Waals surface area contributed by atoms with Gasteiger partial charge in [-0.15, -0.1) is 0 Å². The maximum absolute atomic E-state index is 12.8. The van der Waals surface area contributed by atoms with Crippen molar-refractivity contribution in [2.45, 2.75) is 58.5 Å². The van der Waals surface area contributed by atoms with Crippen molar-refractivity contribution in [3.05, 3.63) is 35.9 Å². The molecule has 0 saturated carbocycles. The Morgan fingerprint density at radius 1 is 1.17 bits per heavy atom. The van der Waals surface area contributed by atoms with Crippen LogP contribution in [-0.4, -0.2) is 59.9 Å². The molecule has 0 radical (unpaired) electrons. The average molecular weight is 403 g/mol. The predicted octanol–water partition coefficient (Wildman–Crippen LogP) is 3.05. The molecule has 6 nitrogen and oxygen atoms in total. The highest BCUT2D eigenvalue weighted by Gasteiger charge is 2.30. The second-order valence-corrected chi connectivity index (χ2v) is 8.79. The van der Waals surface area contributed by atoms with Gasteiger partial charge in [-0.3, -0.25) is 14.4 Å². The number of carbonyl (C=O) groups excluding carboxylic acids is 3. The molecule has 0 N–H and O–H groups in total. The third-order valence-corrected chi connectivity index (χ3v) is 4.99. The molecule has 6 heteroatoms. The summed E-state index contributed by atoms with van der Waals surface area (Å²) in [6, 6.07) is 9.68. The molecule has 1 aromatic rings. The summed E-state index contributed by atoms with van der Waals surface area (Å²) in [5.41, 5.74) is 0.501. The molecular formula is C23H34N2O4. The summed E-state index contributed by atoms with van der Waals surface area (Å²) in [4.78, 5) is 40.7. The summed E-state index contributed by atoms with van der Waals surface area (Å²) in [6.07, 6.45) is 2.86. The molecule has 0 spiro atoms. The first-order valence-corrected chi connectivity index (χ1v) is 10.4. The molecule has 0 aliphatic carbocycles. The van der Waals surface area contributed by atoms with Gasteiger partial charge in [0.1, 0.15) is 5.60 Å². The second-order valence-electron chi connectivity index (χ2n) is 8.79. The highest BCUT2D eigenvalue weighted by molar-refractivity contribution is 5.82. The Hall–Kier alpha value is -2.37. The number of piperidine rings is 1. The molecule has 160 valence electrons. The van der Waals surface area contributed by atoms with Crippen molar-refractivity contribution in [1.29, 1.82) is 0 Å². The van der Waals surface area contributed by atoms with E-state index in [0.29, 0.717) is 38.9 Å². The Morgan fingerprint density at radius 3 is 2.52 bits per heavy atom. The SMILES string of the molecule is CN(CCCC(=O)OC(C)(C)C)C(=O)C1CCCN(C(=O)Cc2ccccc2)C1.